The number of ether oxygens (including phenoxy) is 3. The van der Waals surface area contributed by atoms with Gasteiger partial charge >= 0.3 is 0 Å². The van der Waals surface area contributed by atoms with Crippen molar-refractivity contribution in [2.45, 2.75) is 30.9 Å². The van der Waals surface area contributed by atoms with Crippen LogP contribution in [0, 0.1) is 6.42 Å². The standard InChI is InChI=1S/C18H24ClN2O4/c1-23-8-9-25-17-10-13(15-4-3-14(19)11-20-15)2-5-16(17)21-6-7-24-12-18(21)22/h3-5,11,13,16-17H,2,6-10,12H2,1H3. The van der Waals surface area contributed by atoms with Gasteiger partial charge in [0.2, 0.25) is 5.91 Å². The largest absolute Gasteiger partial charge is 0.382 e. The minimum absolute atomic E-state index is 0.0240. The van der Waals surface area contributed by atoms with Crippen LogP contribution >= 0.6 is 11.6 Å². The number of aromatic nitrogens is 1. The van der Waals surface area contributed by atoms with Crippen molar-refractivity contribution in [1.82, 2.24) is 9.88 Å². The van der Waals surface area contributed by atoms with Crippen LogP contribution in [-0.4, -0.2) is 68.0 Å². The Kier molecular flexibility index (Phi) is 6.64. The molecule has 3 rings (SSSR count). The Bertz CT molecular complexity index is 569. The van der Waals surface area contributed by atoms with E-state index in [-0.39, 0.29) is 30.6 Å². The van der Waals surface area contributed by atoms with Gasteiger partial charge in [0.25, 0.3) is 0 Å². The average Bonchev–Trinajstić information content (AvgIpc) is 2.63. The molecule has 1 saturated heterocycles. The number of hydrogen-bond donors (Lipinski definition) is 0. The summed E-state index contributed by atoms with van der Waals surface area (Å²) in [6, 6.07) is 3.80. The van der Waals surface area contributed by atoms with Crippen LogP contribution < -0.4 is 0 Å². The summed E-state index contributed by atoms with van der Waals surface area (Å²) in [6.07, 6.45) is 5.45. The van der Waals surface area contributed by atoms with Crippen molar-refractivity contribution in [2.24, 2.45) is 0 Å². The van der Waals surface area contributed by atoms with Gasteiger partial charge in [-0.2, -0.15) is 0 Å². The molecule has 1 aromatic rings. The van der Waals surface area contributed by atoms with Crippen LogP contribution in [0.3, 0.4) is 0 Å². The number of methoxy groups -OCH3 is 1. The molecule has 0 N–H and O–H groups in total. The predicted octanol–water partition coefficient (Wildman–Crippen LogP) is 2.08. The zero-order valence-electron chi connectivity index (χ0n) is 14.4. The number of amides is 1. The molecule has 7 heteroatoms. The van der Waals surface area contributed by atoms with E-state index in [9.17, 15) is 4.79 Å². The molecule has 0 spiro atoms. The number of nitrogens with zero attached hydrogens (tertiary/aromatic N) is 2. The first-order chi connectivity index (χ1) is 12.2. The fraction of sp³-hybridized carbons (Fsp3) is 0.611. The van der Waals surface area contributed by atoms with Gasteiger partial charge in [-0.25, -0.2) is 0 Å². The van der Waals surface area contributed by atoms with Crippen LogP contribution in [0.4, 0.5) is 0 Å². The molecule has 2 heterocycles. The highest BCUT2D eigenvalue weighted by Gasteiger charge is 2.38. The third kappa shape index (κ3) is 4.70. The second-order valence-electron chi connectivity index (χ2n) is 6.34. The number of pyridine rings is 1. The van der Waals surface area contributed by atoms with Crippen molar-refractivity contribution < 1.29 is 19.0 Å². The number of halogens is 1. The van der Waals surface area contributed by atoms with Gasteiger partial charge in [-0.3, -0.25) is 9.78 Å². The van der Waals surface area contributed by atoms with Crippen LogP contribution in [0.25, 0.3) is 0 Å². The smallest absolute Gasteiger partial charge is 0.248 e. The maximum absolute atomic E-state index is 12.2. The van der Waals surface area contributed by atoms with E-state index in [4.69, 9.17) is 25.8 Å². The Balaban J connectivity index is 1.70. The summed E-state index contributed by atoms with van der Waals surface area (Å²) in [4.78, 5) is 18.6. The second-order valence-corrected chi connectivity index (χ2v) is 6.77. The van der Waals surface area contributed by atoms with E-state index < -0.39 is 0 Å². The summed E-state index contributed by atoms with van der Waals surface area (Å²) in [7, 11) is 1.65. The highest BCUT2D eigenvalue weighted by atomic mass is 35.5. The van der Waals surface area contributed by atoms with Crippen molar-refractivity contribution in [2.75, 3.05) is 40.1 Å². The van der Waals surface area contributed by atoms with E-state index in [1.807, 2.05) is 17.0 Å². The van der Waals surface area contributed by atoms with Gasteiger partial charge in [0.05, 0.1) is 37.0 Å². The minimum Gasteiger partial charge on any atom is -0.382 e. The minimum atomic E-state index is -0.0755. The van der Waals surface area contributed by atoms with Gasteiger partial charge in [-0.15, -0.1) is 0 Å². The van der Waals surface area contributed by atoms with Gasteiger partial charge < -0.3 is 19.1 Å². The Labute approximate surface area is 153 Å². The molecule has 1 radical (unpaired) electrons. The van der Waals surface area contributed by atoms with E-state index in [0.717, 1.165) is 18.5 Å². The Hall–Kier alpha value is -1.21. The number of carbonyl (C=O) groups is 1. The third-order valence-electron chi connectivity index (χ3n) is 4.73. The molecule has 1 saturated carbocycles. The normalized spacial score (nSPS) is 27.5. The Morgan fingerprint density at radius 3 is 3.00 bits per heavy atom. The second kappa shape index (κ2) is 8.94. The van der Waals surface area contributed by atoms with E-state index in [0.29, 0.717) is 31.4 Å². The zero-order valence-corrected chi connectivity index (χ0v) is 15.2. The molecular weight excluding hydrogens is 344 g/mol. The summed E-state index contributed by atoms with van der Waals surface area (Å²) in [5, 5.41) is 0.633. The molecule has 1 aromatic heterocycles. The molecule has 25 heavy (non-hydrogen) atoms. The molecule has 1 amide bonds. The van der Waals surface area contributed by atoms with E-state index in [1.54, 1.807) is 13.3 Å². The first-order valence-electron chi connectivity index (χ1n) is 8.61. The van der Waals surface area contributed by atoms with Crippen molar-refractivity contribution in [3.8, 4) is 0 Å². The lowest BCUT2D eigenvalue weighted by Crippen LogP contribution is -2.55. The van der Waals surface area contributed by atoms with Crippen LogP contribution in [0.2, 0.25) is 5.02 Å². The Morgan fingerprint density at radius 1 is 1.40 bits per heavy atom. The van der Waals surface area contributed by atoms with Crippen LogP contribution in [0.15, 0.2) is 18.3 Å². The first kappa shape index (κ1) is 18.6. The van der Waals surface area contributed by atoms with Crippen molar-refractivity contribution in [3.05, 3.63) is 35.5 Å². The summed E-state index contributed by atoms with van der Waals surface area (Å²) < 4.78 is 16.4. The maximum atomic E-state index is 12.2. The van der Waals surface area contributed by atoms with Gasteiger partial charge in [0.1, 0.15) is 6.61 Å². The van der Waals surface area contributed by atoms with Crippen LogP contribution in [0.5, 0.6) is 0 Å². The number of morpholine rings is 1. The quantitative estimate of drug-likeness (QED) is 0.720. The molecule has 3 atom stereocenters. The molecular formula is C18H24ClN2O4. The predicted molar refractivity (Wildman–Crippen MR) is 93.5 cm³/mol. The molecule has 2 fully saturated rings. The molecule has 3 unspecified atom stereocenters. The summed E-state index contributed by atoms with van der Waals surface area (Å²) in [5.74, 6) is 0.285. The summed E-state index contributed by atoms with van der Waals surface area (Å²) >= 11 is 5.94. The van der Waals surface area contributed by atoms with Crippen LogP contribution in [0.1, 0.15) is 24.5 Å². The van der Waals surface area contributed by atoms with E-state index in [2.05, 4.69) is 11.4 Å². The average molecular weight is 368 g/mol. The molecule has 2 aliphatic rings. The van der Waals surface area contributed by atoms with Crippen molar-refractivity contribution >= 4 is 17.5 Å². The molecule has 1 aliphatic heterocycles. The highest BCUT2D eigenvalue weighted by molar-refractivity contribution is 6.30. The van der Waals surface area contributed by atoms with Gasteiger partial charge in [-0.05, 0) is 31.4 Å². The first-order valence-corrected chi connectivity index (χ1v) is 8.99. The number of carbonyl (C=O) groups excluding carboxylic acids is 1. The van der Waals surface area contributed by atoms with Crippen LogP contribution in [-0.2, 0) is 19.0 Å². The van der Waals surface area contributed by atoms with E-state index in [1.165, 1.54) is 0 Å². The fourth-order valence-corrected chi connectivity index (χ4v) is 3.58. The number of rotatable bonds is 6. The van der Waals surface area contributed by atoms with Gasteiger partial charge in [-0.1, -0.05) is 11.6 Å². The lowest BCUT2D eigenvalue weighted by molar-refractivity contribution is -0.150. The summed E-state index contributed by atoms with van der Waals surface area (Å²) in [5.41, 5.74) is 1.01. The zero-order chi connectivity index (χ0) is 17.6. The monoisotopic (exact) mass is 367 g/mol. The molecule has 1 aliphatic carbocycles. The molecule has 6 nitrogen and oxygen atoms in total. The Morgan fingerprint density at radius 2 is 2.28 bits per heavy atom. The van der Waals surface area contributed by atoms with Gasteiger partial charge in [0.15, 0.2) is 0 Å². The molecule has 0 aromatic carbocycles. The van der Waals surface area contributed by atoms with Gasteiger partial charge in [0, 0.05) is 31.5 Å². The summed E-state index contributed by atoms with van der Waals surface area (Å²) in [6.45, 7) is 2.36. The molecule has 137 valence electrons. The SMILES string of the molecule is COCCOC1CC(c2ccc(Cl)cn2)C[CH]C1N1CCOCC1=O. The third-order valence-corrected chi connectivity index (χ3v) is 4.95. The molecule has 0 bridgehead atoms. The lowest BCUT2D eigenvalue weighted by atomic mass is 9.81. The van der Waals surface area contributed by atoms with Crippen molar-refractivity contribution in [3.63, 3.8) is 0 Å². The van der Waals surface area contributed by atoms with E-state index >= 15 is 0 Å². The maximum Gasteiger partial charge on any atom is 0.248 e. The number of hydrogen-bond acceptors (Lipinski definition) is 5. The topological polar surface area (TPSA) is 60.9 Å². The highest BCUT2D eigenvalue weighted by Crippen LogP contribution is 2.35. The van der Waals surface area contributed by atoms with Crippen molar-refractivity contribution in [1.29, 1.82) is 0 Å². The fourth-order valence-electron chi connectivity index (χ4n) is 3.46. The lowest BCUT2D eigenvalue weighted by Gasteiger charge is -2.43.